The highest BCUT2D eigenvalue weighted by Gasteiger charge is 2.31. The summed E-state index contributed by atoms with van der Waals surface area (Å²) in [6.07, 6.45) is 3.84. The molecule has 18 nitrogen and oxygen atoms in total. The molecule has 1 atom stereocenters. The number of hydrogen-bond donors (Lipinski definition) is 3. The Labute approximate surface area is 301 Å². The van der Waals surface area contributed by atoms with Gasteiger partial charge in [0.05, 0.1) is 22.8 Å². The molecule has 5 rings (SSSR count). The highest BCUT2D eigenvalue weighted by atomic mass is 16.7. The molecule has 2 aromatic carbocycles. The molecular formula is C35H34N8O10. The van der Waals surface area contributed by atoms with Crippen molar-refractivity contribution in [2.45, 2.75) is 38.9 Å². The summed E-state index contributed by atoms with van der Waals surface area (Å²) in [5, 5.41) is 28.8. The summed E-state index contributed by atoms with van der Waals surface area (Å²) >= 11 is 0. The summed E-state index contributed by atoms with van der Waals surface area (Å²) in [4.78, 5) is 79.4. The molecular weight excluding hydrogens is 692 g/mol. The molecule has 3 amide bonds. The van der Waals surface area contributed by atoms with E-state index in [1.54, 1.807) is 24.1 Å². The van der Waals surface area contributed by atoms with Gasteiger partial charge in [0.1, 0.15) is 18.4 Å². The predicted molar refractivity (Wildman–Crippen MR) is 183 cm³/mol. The van der Waals surface area contributed by atoms with E-state index in [4.69, 9.17) is 19.6 Å². The average Bonchev–Trinajstić information content (AvgIpc) is 3.56. The Bertz CT molecular complexity index is 2000. The lowest BCUT2D eigenvalue weighted by Crippen LogP contribution is -2.50. The zero-order valence-electron chi connectivity index (χ0n) is 28.4. The number of benzene rings is 2. The van der Waals surface area contributed by atoms with Gasteiger partial charge in [0.25, 0.3) is 11.6 Å². The minimum Gasteiger partial charge on any atom is -0.465 e. The number of hydrogen-bond acceptors (Lipinski definition) is 13. The summed E-state index contributed by atoms with van der Waals surface area (Å²) in [6, 6.07) is 13.2. The van der Waals surface area contributed by atoms with Gasteiger partial charge >= 0.3 is 18.0 Å². The maximum Gasteiger partial charge on any atom is 0.415 e. The third-order valence-electron chi connectivity index (χ3n) is 7.94. The van der Waals surface area contributed by atoms with Crippen LogP contribution >= 0.6 is 0 Å². The number of pyridine rings is 1. The molecule has 0 saturated carbocycles. The Morgan fingerprint density at radius 3 is 2.40 bits per heavy atom. The number of esters is 2. The summed E-state index contributed by atoms with van der Waals surface area (Å²) in [5.41, 5.74) is 2.47. The quantitative estimate of drug-likeness (QED) is 0.0450. The summed E-state index contributed by atoms with van der Waals surface area (Å²) < 4.78 is 16.1. The molecule has 2 aromatic heterocycles. The summed E-state index contributed by atoms with van der Waals surface area (Å²) in [7, 11) is 0. The van der Waals surface area contributed by atoms with Crippen LogP contribution in [0.3, 0.4) is 0 Å². The zero-order chi connectivity index (χ0) is 37.9. The first-order valence-corrected chi connectivity index (χ1v) is 16.2. The minimum absolute atomic E-state index is 0.0281. The van der Waals surface area contributed by atoms with Crippen molar-refractivity contribution in [1.29, 1.82) is 5.41 Å². The third kappa shape index (κ3) is 10.1. The van der Waals surface area contributed by atoms with Crippen molar-refractivity contribution in [3.63, 3.8) is 0 Å². The fourth-order valence-corrected chi connectivity index (χ4v) is 5.33. The fourth-order valence-electron chi connectivity index (χ4n) is 5.33. The molecule has 1 aliphatic heterocycles. The van der Waals surface area contributed by atoms with Crippen LogP contribution in [-0.4, -0.2) is 86.3 Å². The summed E-state index contributed by atoms with van der Waals surface area (Å²) in [6.45, 7) is 1.65. The zero-order valence-corrected chi connectivity index (χ0v) is 28.4. The lowest BCUT2D eigenvalue weighted by molar-refractivity contribution is -0.384. The second kappa shape index (κ2) is 17.3. The van der Waals surface area contributed by atoms with E-state index in [0.717, 1.165) is 11.3 Å². The van der Waals surface area contributed by atoms with Gasteiger partial charge in [-0.05, 0) is 36.8 Å². The van der Waals surface area contributed by atoms with Crippen LogP contribution in [0.4, 0.5) is 10.5 Å². The molecule has 0 spiro atoms. The molecule has 53 heavy (non-hydrogen) atoms. The van der Waals surface area contributed by atoms with E-state index in [9.17, 15) is 34.1 Å². The van der Waals surface area contributed by atoms with Crippen molar-refractivity contribution in [1.82, 2.24) is 30.3 Å². The van der Waals surface area contributed by atoms with Gasteiger partial charge in [-0.2, -0.15) is 5.10 Å². The molecule has 274 valence electrons. The standard InChI is InChI=1S/C35H34N8O10/c1-2-51-30(44)20-42-19-26-18-41(15-13-28(26)40-42)33(46)29(16-22-5-11-27(12-6-22)43(49)50)38-32(45)24-9-7-23(8-10-24)31(36)39-35(48)53-21-52-34(47)25-4-3-14-37-17-25/h3-12,14,17,19,29H,2,13,15-16,18,20-21H2,1H3,(H,38,45)(H2,36,39,48)/t29-/m0/s1. The van der Waals surface area contributed by atoms with Crippen molar-refractivity contribution in [3.8, 4) is 0 Å². The second-order valence-corrected chi connectivity index (χ2v) is 11.6. The number of nitro benzene ring substituents is 1. The van der Waals surface area contributed by atoms with Crippen LogP contribution in [0.25, 0.3) is 0 Å². The van der Waals surface area contributed by atoms with Crippen molar-refractivity contribution in [2.24, 2.45) is 0 Å². The molecule has 0 fully saturated rings. The van der Waals surface area contributed by atoms with E-state index in [1.165, 1.54) is 71.7 Å². The first kappa shape index (κ1) is 37.3. The van der Waals surface area contributed by atoms with Gasteiger partial charge in [0, 0.05) is 73.3 Å². The van der Waals surface area contributed by atoms with E-state index >= 15 is 0 Å². The number of non-ortho nitro benzene ring substituents is 1. The Kier molecular flexibility index (Phi) is 12.2. The molecule has 3 heterocycles. The van der Waals surface area contributed by atoms with Crippen LogP contribution in [0.1, 0.15) is 50.0 Å². The van der Waals surface area contributed by atoms with Crippen LogP contribution in [-0.2, 0) is 49.7 Å². The van der Waals surface area contributed by atoms with Gasteiger partial charge in [-0.1, -0.05) is 24.3 Å². The fraction of sp³-hybridized carbons (Fsp3) is 0.257. The Balaban J connectivity index is 1.21. The average molecular weight is 727 g/mol. The van der Waals surface area contributed by atoms with E-state index in [0.29, 0.717) is 18.5 Å². The summed E-state index contributed by atoms with van der Waals surface area (Å²) in [5.74, 6) is -2.55. The molecule has 0 aliphatic carbocycles. The van der Waals surface area contributed by atoms with Crippen LogP contribution in [0, 0.1) is 15.5 Å². The number of alkyl carbamates (subject to hydrolysis) is 1. The highest BCUT2D eigenvalue weighted by molar-refractivity contribution is 6.05. The molecule has 3 N–H and O–H groups in total. The van der Waals surface area contributed by atoms with Crippen molar-refractivity contribution in [2.75, 3.05) is 19.9 Å². The number of carbonyl (C=O) groups is 5. The van der Waals surface area contributed by atoms with Crippen molar-refractivity contribution < 1.29 is 43.1 Å². The first-order chi connectivity index (χ1) is 25.5. The molecule has 0 radical (unpaired) electrons. The topological polar surface area (TPSA) is 238 Å². The largest absolute Gasteiger partial charge is 0.465 e. The number of amides is 3. The van der Waals surface area contributed by atoms with Crippen molar-refractivity contribution in [3.05, 3.63) is 123 Å². The lowest BCUT2D eigenvalue weighted by atomic mass is 10.0. The Hall–Kier alpha value is -6.98. The number of nitro groups is 1. The van der Waals surface area contributed by atoms with Crippen molar-refractivity contribution >= 4 is 41.4 Å². The van der Waals surface area contributed by atoms with Gasteiger partial charge in [0.15, 0.2) is 0 Å². The van der Waals surface area contributed by atoms with E-state index in [2.05, 4.69) is 20.7 Å². The number of fused-ring (bicyclic) bond motifs is 1. The smallest absolute Gasteiger partial charge is 0.415 e. The van der Waals surface area contributed by atoms with Gasteiger partial charge in [-0.3, -0.25) is 44.9 Å². The minimum atomic E-state index is -1.07. The van der Waals surface area contributed by atoms with Gasteiger partial charge < -0.3 is 24.4 Å². The van der Waals surface area contributed by atoms with E-state index < -0.39 is 47.6 Å². The van der Waals surface area contributed by atoms with Crippen LogP contribution in [0.2, 0.25) is 0 Å². The Morgan fingerprint density at radius 1 is 0.981 bits per heavy atom. The number of nitrogens with one attached hydrogen (secondary N) is 3. The SMILES string of the molecule is CCOC(=O)Cn1cc2c(n1)CCN(C(=O)[C@H](Cc1ccc([N+](=O)[O-])cc1)NC(=O)c1ccc(C(=N)NC(=O)OCOC(=O)c3cccnc3)cc1)C2. The third-order valence-corrected chi connectivity index (χ3v) is 7.94. The number of nitrogens with zero attached hydrogens (tertiary/aromatic N) is 5. The molecule has 0 saturated heterocycles. The van der Waals surface area contributed by atoms with Crippen LogP contribution < -0.4 is 10.6 Å². The van der Waals surface area contributed by atoms with Gasteiger partial charge in [-0.15, -0.1) is 0 Å². The molecule has 1 aliphatic rings. The molecule has 0 unspecified atom stereocenters. The first-order valence-electron chi connectivity index (χ1n) is 16.2. The normalized spacial score (nSPS) is 12.4. The van der Waals surface area contributed by atoms with Gasteiger partial charge in [-0.25, -0.2) is 9.59 Å². The highest BCUT2D eigenvalue weighted by Crippen LogP contribution is 2.20. The number of ether oxygens (including phenoxy) is 3. The molecule has 18 heteroatoms. The van der Waals surface area contributed by atoms with E-state index in [-0.39, 0.29) is 54.3 Å². The molecule has 0 bridgehead atoms. The number of amidine groups is 1. The number of carbonyl (C=O) groups excluding carboxylic acids is 5. The second-order valence-electron chi connectivity index (χ2n) is 11.6. The monoisotopic (exact) mass is 726 g/mol. The predicted octanol–water partition coefficient (Wildman–Crippen LogP) is 2.54. The maximum atomic E-state index is 13.9. The lowest BCUT2D eigenvalue weighted by Gasteiger charge is -2.30. The van der Waals surface area contributed by atoms with Crippen LogP contribution in [0.15, 0.2) is 79.3 Å². The van der Waals surface area contributed by atoms with E-state index in [1.807, 2.05) is 0 Å². The molecule has 4 aromatic rings. The number of rotatable bonds is 13. The number of aromatic nitrogens is 3. The maximum absolute atomic E-state index is 13.9. The van der Waals surface area contributed by atoms with Gasteiger partial charge in [0.2, 0.25) is 12.7 Å². The van der Waals surface area contributed by atoms with Crippen LogP contribution in [0.5, 0.6) is 0 Å². The Morgan fingerprint density at radius 2 is 1.72 bits per heavy atom.